The van der Waals surface area contributed by atoms with E-state index in [9.17, 15) is 0 Å². The molecule has 0 spiro atoms. The number of rotatable bonds is 4. The van der Waals surface area contributed by atoms with Crippen molar-refractivity contribution in [2.24, 2.45) is 14.1 Å². The Morgan fingerprint density at radius 3 is 2.70 bits per heavy atom. The molecular formula is C13H19N7. The summed E-state index contributed by atoms with van der Waals surface area (Å²) in [6.45, 7) is 2.83. The number of nitrogens with zero attached hydrogens (tertiary/aromatic N) is 6. The van der Waals surface area contributed by atoms with Gasteiger partial charge >= 0.3 is 0 Å². The van der Waals surface area contributed by atoms with E-state index in [0.717, 1.165) is 41.9 Å². The maximum Gasteiger partial charge on any atom is 0.202 e. The molecule has 3 aromatic heterocycles. The number of fused-ring (bicyclic) bond motifs is 1. The Labute approximate surface area is 117 Å². The highest BCUT2D eigenvalue weighted by molar-refractivity contribution is 5.77. The van der Waals surface area contributed by atoms with Crippen LogP contribution in [-0.2, 0) is 33.5 Å². The fourth-order valence-corrected chi connectivity index (χ4v) is 2.54. The Morgan fingerprint density at radius 2 is 2.05 bits per heavy atom. The van der Waals surface area contributed by atoms with Gasteiger partial charge in [-0.25, -0.2) is 4.98 Å². The third-order valence-corrected chi connectivity index (χ3v) is 3.52. The summed E-state index contributed by atoms with van der Waals surface area (Å²) in [6, 6.07) is 2.02. The lowest BCUT2D eigenvalue weighted by Crippen LogP contribution is -2.09. The van der Waals surface area contributed by atoms with E-state index in [0.29, 0.717) is 5.95 Å². The predicted octanol–water partition coefficient (Wildman–Crippen LogP) is 0.891. The lowest BCUT2D eigenvalue weighted by Gasteiger charge is -2.05. The second kappa shape index (κ2) is 4.66. The average Bonchev–Trinajstić information content (AvgIpc) is 3.04. The largest absolute Gasteiger partial charge is 0.369 e. The summed E-state index contributed by atoms with van der Waals surface area (Å²) in [5.74, 6) is 0.540. The van der Waals surface area contributed by atoms with Crippen LogP contribution in [0.4, 0.5) is 5.95 Å². The minimum atomic E-state index is 0.540. The van der Waals surface area contributed by atoms with Crippen molar-refractivity contribution in [1.82, 2.24) is 29.1 Å². The van der Waals surface area contributed by atoms with Crippen LogP contribution in [0.2, 0.25) is 0 Å². The molecule has 0 saturated heterocycles. The summed E-state index contributed by atoms with van der Waals surface area (Å²) in [5, 5.41) is 8.87. The van der Waals surface area contributed by atoms with Crippen molar-refractivity contribution in [1.29, 1.82) is 0 Å². The van der Waals surface area contributed by atoms with Gasteiger partial charge in [-0.3, -0.25) is 13.9 Å². The highest BCUT2D eigenvalue weighted by Gasteiger charge is 2.16. The second-order valence-electron chi connectivity index (χ2n) is 4.95. The van der Waals surface area contributed by atoms with E-state index in [1.165, 1.54) is 0 Å². The van der Waals surface area contributed by atoms with Crippen molar-refractivity contribution in [2.75, 3.05) is 5.73 Å². The molecule has 7 heteroatoms. The lowest BCUT2D eigenvalue weighted by atomic mass is 10.3. The maximum absolute atomic E-state index is 6.04. The first-order valence-corrected chi connectivity index (χ1v) is 6.76. The van der Waals surface area contributed by atoms with Crippen LogP contribution in [-0.4, -0.2) is 29.1 Å². The van der Waals surface area contributed by atoms with E-state index >= 15 is 0 Å². The van der Waals surface area contributed by atoms with E-state index in [2.05, 4.69) is 22.1 Å². The standard InChI is InChI=1S/C13H19N7/c1-4-10-11-12(19(3)17-10)20(13(14)15-11)8-6-9-5-7-18(2)16-9/h5,7H,4,6,8H2,1-3H3,(H2,14,15). The van der Waals surface area contributed by atoms with Gasteiger partial charge in [-0.15, -0.1) is 0 Å². The number of imidazole rings is 1. The zero-order valence-electron chi connectivity index (χ0n) is 12.0. The van der Waals surface area contributed by atoms with Crippen molar-refractivity contribution in [3.8, 4) is 0 Å². The maximum atomic E-state index is 6.04. The molecule has 0 bridgehead atoms. The quantitative estimate of drug-likeness (QED) is 0.765. The predicted molar refractivity (Wildman–Crippen MR) is 77.2 cm³/mol. The molecule has 0 aromatic carbocycles. The van der Waals surface area contributed by atoms with Crippen LogP contribution in [0.5, 0.6) is 0 Å². The summed E-state index contributed by atoms with van der Waals surface area (Å²) in [4.78, 5) is 4.45. The molecule has 0 radical (unpaired) electrons. The number of nitrogen functional groups attached to an aromatic ring is 1. The average molecular weight is 273 g/mol. The van der Waals surface area contributed by atoms with E-state index < -0.39 is 0 Å². The van der Waals surface area contributed by atoms with Crippen LogP contribution in [0, 0.1) is 0 Å². The Kier molecular flexibility index (Phi) is 2.96. The van der Waals surface area contributed by atoms with Gasteiger partial charge < -0.3 is 5.73 Å². The van der Waals surface area contributed by atoms with Gasteiger partial charge in [0.15, 0.2) is 5.65 Å². The molecule has 20 heavy (non-hydrogen) atoms. The molecule has 0 saturated carbocycles. The third-order valence-electron chi connectivity index (χ3n) is 3.52. The summed E-state index contributed by atoms with van der Waals surface area (Å²) in [5.41, 5.74) is 9.98. The molecule has 2 N–H and O–H groups in total. The zero-order valence-corrected chi connectivity index (χ0v) is 12.0. The molecule has 3 heterocycles. The van der Waals surface area contributed by atoms with E-state index in [1.54, 1.807) is 4.68 Å². The number of hydrogen-bond donors (Lipinski definition) is 1. The van der Waals surface area contributed by atoms with Gasteiger partial charge in [0.1, 0.15) is 5.52 Å². The smallest absolute Gasteiger partial charge is 0.202 e. The Hall–Kier alpha value is -2.31. The fourth-order valence-electron chi connectivity index (χ4n) is 2.54. The summed E-state index contributed by atoms with van der Waals surface area (Å²) < 4.78 is 5.67. The van der Waals surface area contributed by atoms with Crippen molar-refractivity contribution in [3.63, 3.8) is 0 Å². The second-order valence-corrected chi connectivity index (χ2v) is 4.95. The molecule has 0 fully saturated rings. The molecule has 106 valence electrons. The van der Waals surface area contributed by atoms with E-state index in [-0.39, 0.29) is 0 Å². The SMILES string of the molecule is CCc1nn(C)c2c1nc(N)n2CCc1ccn(C)n1. The van der Waals surface area contributed by atoms with Gasteiger partial charge in [0.05, 0.1) is 11.4 Å². The molecule has 7 nitrogen and oxygen atoms in total. The van der Waals surface area contributed by atoms with E-state index in [4.69, 9.17) is 5.73 Å². The monoisotopic (exact) mass is 273 g/mol. The number of aryl methyl sites for hydroxylation is 5. The van der Waals surface area contributed by atoms with Crippen LogP contribution < -0.4 is 5.73 Å². The number of anilines is 1. The van der Waals surface area contributed by atoms with Gasteiger partial charge in [-0.1, -0.05) is 6.92 Å². The molecule has 0 unspecified atom stereocenters. The Bertz CT molecular complexity index is 746. The Morgan fingerprint density at radius 1 is 1.25 bits per heavy atom. The topological polar surface area (TPSA) is 79.5 Å². The first kappa shape index (κ1) is 12.7. The zero-order chi connectivity index (χ0) is 14.3. The van der Waals surface area contributed by atoms with Gasteiger partial charge in [0, 0.05) is 33.3 Å². The van der Waals surface area contributed by atoms with Crippen LogP contribution >= 0.6 is 0 Å². The van der Waals surface area contributed by atoms with Crippen molar-refractivity contribution >= 4 is 17.1 Å². The highest BCUT2D eigenvalue weighted by Crippen LogP contribution is 2.21. The Balaban J connectivity index is 1.94. The molecule has 0 atom stereocenters. The summed E-state index contributed by atoms with van der Waals surface area (Å²) >= 11 is 0. The molecule has 0 aliphatic heterocycles. The number of nitrogens with two attached hydrogens (primary N) is 1. The van der Waals surface area contributed by atoms with Gasteiger partial charge in [-0.2, -0.15) is 10.2 Å². The van der Waals surface area contributed by atoms with Crippen LogP contribution in [0.25, 0.3) is 11.2 Å². The lowest BCUT2D eigenvalue weighted by molar-refractivity contribution is 0.657. The van der Waals surface area contributed by atoms with Crippen molar-refractivity contribution in [3.05, 3.63) is 23.7 Å². The summed E-state index contributed by atoms with van der Waals surface area (Å²) in [6.07, 6.45) is 3.62. The summed E-state index contributed by atoms with van der Waals surface area (Å²) in [7, 11) is 3.85. The highest BCUT2D eigenvalue weighted by atomic mass is 15.3. The van der Waals surface area contributed by atoms with Crippen molar-refractivity contribution < 1.29 is 0 Å². The first-order valence-electron chi connectivity index (χ1n) is 6.76. The fraction of sp³-hybridized carbons (Fsp3) is 0.462. The normalized spacial score (nSPS) is 11.6. The minimum absolute atomic E-state index is 0.540. The van der Waals surface area contributed by atoms with Crippen LogP contribution in [0.15, 0.2) is 12.3 Å². The van der Waals surface area contributed by atoms with Gasteiger partial charge in [0.25, 0.3) is 0 Å². The minimum Gasteiger partial charge on any atom is -0.369 e. The number of hydrogen-bond acceptors (Lipinski definition) is 4. The molecular weight excluding hydrogens is 254 g/mol. The van der Waals surface area contributed by atoms with Crippen LogP contribution in [0.1, 0.15) is 18.3 Å². The number of aromatic nitrogens is 6. The van der Waals surface area contributed by atoms with Crippen molar-refractivity contribution in [2.45, 2.75) is 26.3 Å². The van der Waals surface area contributed by atoms with E-state index in [1.807, 2.05) is 35.6 Å². The molecule has 0 aliphatic rings. The molecule has 3 rings (SSSR count). The third kappa shape index (κ3) is 1.95. The molecule has 0 amide bonds. The molecule has 3 aromatic rings. The van der Waals surface area contributed by atoms with Gasteiger partial charge in [-0.05, 0) is 12.5 Å². The first-order chi connectivity index (χ1) is 9.60. The van der Waals surface area contributed by atoms with Crippen LogP contribution in [0.3, 0.4) is 0 Å². The molecule has 0 aliphatic carbocycles. The van der Waals surface area contributed by atoms with Gasteiger partial charge in [0.2, 0.25) is 5.95 Å².